The van der Waals surface area contributed by atoms with Gasteiger partial charge in [0.05, 0.1) is 5.69 Å². The lowest BCUT2D eigenvalue weighted by Gasteiger charge is -2.14. The van der Waals surface area contributed by atoms with E-state index in [4.69, 9.17) is 0 Å². The van der Waals surface area contributed by atoms with Crippen LogP contribution in [0.3, 0.4) is 0 Å². The summed E-state index contributed by atoms with van der Waals surface area (Å²) in [5, 5.41) is 7.13. The molecule has 0 saturated heterocycles. The van der Waals surface area contributed by atoms with Gasteiger partial charge in [0.25, 0.3) is 5.91 Å². The van der Waals surface area contributed by atoms with Crippen molar-refractivity contribution in [3.05, 3.63) is 77.1 Å². The van der Waals surface area contributed by atoms with Gasteiger partial charge in [0.2, 0.25) is 5.82 Å². The third-order valence-electron chi connectivity index (χ3n) is 4.09. The van der Waals surface area contributed by atoms with Crippen LogP contribution in [-0.2, 0) is 13.1 Å². The van der Waals surface area contributed by atoms with Crippen molar-refractivity contribution >= 4 is 5.91 Å². The van der Waals surface area contributed by atoms with E-state index in [0.717, 1.165) is 17.7 Å². The monoisotopic (exact) mass is 367 g/mol. The van der Waals surface area contributed by atoms with Crippen LogP contribution in [0.2, 0.25) is 0 Å². The van der Waals surface area contributed by atoms with Gasteiger partial charge in [-0.15, -0.1) is 5.10 Å². The van der Waals surface area contributed by atoms with Crippen LogP contribution in [-0.4, -0.2) is 39.7 Å². The van der Waals surface area contributed by atoms with Crippen molar-refractivity contribution in [2.45, 2.75) is 20.0 Å². The number of amides is 1. The van der Waals surface area contributed by atoms with Crippen LogP contribution < -0.4 is 5.32 Å². The molecule has 1 heterocycles. The Morgan fingerprint density at radius 1 is 1.11 bits per heavy atom. The van der Waals surface area contributed by atoms with Crippen LogP contribution >= 0.6 is 0 Å². The van der Waals surface area contributed by atoms with Crippen molar-refractivity contribution in [3.63, 3.8) is 0 Å². The van der Waals surface area contributed by atoms with E-state index in [2.05, 4.69) is 20.3 Å². The summed E-state index contributed by atoms with van der Waals surface area (Å²) in [5.41, 5.74) is 2.86. The lowest BCUT2D eigenvalue weighted by atomic mass is 10.1. The molecule has 3 aromatic rings. The van der Waals surface area contributed by atoms with Crippen LogP contribution in [0, 0.1) is 12.7 Å². The highest BCUT2D eigenvalue weighted by Crippen LogP contribution is 2.12. The normalized spacial score (nSPS) is 11.0. The molecule has 0 unspecified atom stereocenters. The SMILES string of the molecule is Cc1nc(C(=O)NCc2ccccc2CN(C)C)nn1-c1ccc(F)cc1. The Morgan fingerprint density at radius 3 is 2.44 bits per heavy atom. The molecule has 6 nitrogen and oxygen atoms in total. The molecule has 3 rings (SSSR count). The van der Waals surface area contributed by atoms with E-state index in [0.29, 0.717) is 18.1 Å². The quantitative estimate of drug-likeness (QED) is 0.728. The molecule has 0 aliphatic rings. The summed E-state index contributed by atoms with van der Waals surface area (Å²) in [5.74, 6) is -0.0360. The number of carbonyl (C=O) groups excluding carboxylic acids is 1. The van der Waals surface area contributed by atoms with E-state index in [9.17, 15) is 9.18 Å². The molecule has 0 spiro atoms. The number of carbonyl (C=O) groups is 1. The summed E-state index contributed by atoms with van der Waals surface area (Å²) in [7, 11) is 4.01. The second-order valence-corrected chi connectivity index (χ2v) is 6.56. The van der Waals surface area contributed by atoms with E-state index < -0.39 is 0 Å². The number of benzene rings is 2. The zero-order valence-electron chi connectivity index (χ0n) is 15.6. The van der Waals surface area contributed by atoms with E-state index in [1.165, 1.54) is 16.8 Å². The second-order valence-electron chi connectivity index (χ2n) is 6.56. The maximum Gasteiger partial charge on any atom is 0.291 e. The van der Waals surface area contributed by atoms with Crippen LogP contribution in [0.25, 0.3) is 5.69 Å². The third-order valence-corrected chi connectivity index (χ3v) is 4.09. The number of hydrogen-bond acceptors (Lipinski definition) is 4. The maximum absolute atomic E-state index is 13.1. The predicted molar refractivity (Wildman–Crippen MR) is 101 cm³/mol. The first-order valence-electron chi connectivity index (χ1n) is 8.63. The average Bonchev–Trinajstić information content (AvgIpc) is 3.03. The van der Waals surface area contributed by atoms with E-state index in [-0.39, 0.29) is 17.5 Å². The van der Waals surface area contributed by atoms with Gasteiger partial charge >= 0.3 is 0 Å². The van der Waals surface area contributed by atoms with Gasteiger partial charge in [0.15, 0.2) is 0 Å². The van der Waals surface area contributed by atoms with Gasteiger partial charge in [0, 0.05) is 13.1 Å². The van der Waals surface area contributed by atoms with Crippen molar-refractivity contribution < 1.29 is 9.18 Å². The number of aromatic nitrogens is 3. The lowest BCUT2D eigenvalue weighted by Crippen LogP contribution is -2.25. The minimum absolute atomic E-state index is 0.0851. The Bertz CT molecular complexity index is 934. The molecule has 0 fully saturated rings. The highest BCUT2D eigenvalue weighted by atomic mass is 19.1. The minimum Gasteiger partial charge on any atom is -0.345 e. The van der Waals surface area contributed by atoms with Gasteiger partial charge in [-0.3, -0.25) is 4.79 Å². The number of halogens is 1. The zero-order chi connectivity index (χ0) is 19.4. The van der Waals surface area contributed by atoms with E-state index >= 15 is 0 Å². The fraction of sp³-hybridized carbons (Fsp3) is 0.250. The van der Waals surface area contributed by atoms with Crippen molar-refractivity contribution in [2.24, 2.45) is 0 Å². The van der Waals surface area contributed by atoms with Crippen molar-refractivity contribution in [1.29, 1.82) is 0 Å². The Morgan fingerprint density at radius 2 is 1.78 bits per heavy atom. The van der Waals surface area contributed by atoms with Crippen LogP contribution in [0.15, 0.2) is 48.5 Å². The van der Waals surface area contributed by atoms with Gasteiger partial charge in [-0.05, 0) is 56.4 Å². The fourth-order valence-electron chi connectivity index (χ4n) is 2.79. The smallest absolute Gasteiger partial charge is 0.291 e. The molecule has 1 N–H and O–H groups in total. The summed E-state index contributed by atoms with van der Waals surface area (Å²) in [6.45, 7) is 2.94. The summed E-state index contributed by atoms with van der Waals surface area (Å²) >= 11 is 0. The number of nitrogens with one attached hydrogen (secondary N) is 1. The predicted octanol–water partition coefficient (Wildman–Crippen LogP) is 2.71. The third kappa shape index (κ3) is 4.57. The highest BCUT2D eigenvalue weighted by Gasteiger charge is 2.15. The molecule has 0 aliphatic carbocycles. The first-order valence-corrected chi connectivity index (χ1v) is 8.63. The van der Waals surface area contributed by atoms with Gasteiger partial charge < -0.3 is 10.2 Å². The molecule has 140 valence electrons. The second kappa shape index (κ2) is 8.09. The Kier molecular flexibility index (Phi) is 5.61. The van der Waals surface area contributed by atoms with Gasteiger partial charge in [-0.2, -0.15) is 0 Å². The maximum atomic E-state index is 13.1. The van der Waals surface area contributed by atoms with Gasteiger partial charge in [-0.1, -0.05) is 24.3 Å². The Labute approximate surface area is 157 Å². The van der Waals surface area contributed by atoms with Gasteiger partial charge in [-0.25, -0.2) is 14.1 Å². The summed E-state index contributed by atoms with van der Waals surface area (Å²) < 4.78 is 14.6. The standard InChI is InChI=1S/C20H22FN5O/c1-14-23-19(24-26(14)18-10-8-17(21)9-11-18)20(27)22-12-15-6-4-5-7-16(15)13-25(2)3/h4-11H,12-13H2,1-3H3,(H,22,27). The first kappa shape index (κ1) is 18.7. The average molecular weight is 367 g/mol. The molecule has 1 amide bonds. The van der Waals surface area contributed by atoms with Crippen LogP contribution in [0.5, 0.6) is 0 Å². The summed E-state index contributed by atoms with van der Waals surface area (Å²) in [4.78, 5) is 18.8. The number of rotatable bonds is 6. The molecule has 2 aromatic carbocycles. The van der Waals surface area contributed by atoms with Crippen LogP contribution in [0.4, 0.5) is 4.39 Å². The minimum atomic E-state index is -0.349. The van der Waals surface area contributed by atoms with E-state index in [1.807, 2.05) is 38.4 Å². The summed E-state index contributed by atoms with van der Waals surface area (Å²) in [6, 6.07) is 13.9. The molecular weight excluding hydrogens is 345 g/mol. The molecule has 0 aliphatic heterocycles. The molecule has 0 saturated carbocycles. The number of nitrogens with zero attached hydrogens (tertiary/aromatic N) is 4. The Balaban J connectivity index is 1.73. The molecule has 0 atom stereocenters. The highest BCUT2D eigenvalue weighted by molar-refractivity contribution is 5.90. The van der Waals surface area contributed by atoms with Crippen molar-refractivity contribution in [3.8, 4) is 5.69 Å². The summed E-state index contributed by atoms with van der Waals surface area (Å²) in [6.07, 6.45) is 0. The fourth-order valence-corrected chi connectivity index (χ4v) is 2.79. The first-order chi connectivity index (χ1) is 12.9. The topological polar surface area (TPSA) is 63.1 Å². The van der Waals surface area contributed by atoms with E-state index in [1.54, 1.807) is 19.1 Å². The van der Waals surface area contributed by atoms with Gasteiger partial charge in [0.1, 0.15) is 11.6 Å². The molecule has 1 aromatic heterocycles. The molecule has 7 heteroatoms. The largest absolute Gasteiger partial charge is 0.345 e. The van der Waals surface area contributed by atoms with Crippen molar-refractivity contribution in [1.82, 2.24) is 25.0 Å². The molecule has 27 heavy (non-hydrogen) atoms. The lowest BCUT2D eigenvalue weighted by molar-refractivity contribution is 0.0940. The van der Waals surface area contributed by atoms with Crippen molar-refractivity contribution in [2.75, 3.05) is 14.1 Å². The molecule has 0 radical (unpaired) electrons. The Hall–Kier alpha value is -3.06. The molecule has 0 bridgehead atoms. The van der Waals surface area contributed by atoms with Crippen LogP contribution in [0.1, 0.15) is 27.6 Å². The number of aryl methyl sites for hydroxylation is 1. The molecular formula is C20H22FN5O. The number of hydrogen-bond donors (Lipinski definition) is 1. The zero-order valence-corrected chi connectivity index (χ0v) is 15.6.